The van der Waals surface area contributed by atoms with Crippen LogP contribution in [0.25, 0.3) is 0 Å². The lowest BCUT2D eigenvalue weighted by atomic mass is 10.1. The van der Waals surface area contributed by atoms with Gasteiger partial charge in [-0.3, -0.25) is 9.78 Å². The molecule has 2 aromatic rings. The maximum absolute atomic E-state index is 12.0. The second-order valence-electron chi connectivity index (χ2n) is 4.19. The predicted molar refractivity (Wildman–Crippen MR) is 80.4 cm³/mol. The topological polar surface area (TPSA) is 68.0 Å². The molecule has 3 N–H and O–H groups in total. The van der Waals surface area contributed by atoms with E-state index in [0.717, 1.165) is 16.0 Å². The van der Waals surface area contributed by atoms with Crippen LogP contribution in [0.1, 0.15) is 26.4 Å². The average molecular weight is 285 g/mol. The van der Waals surface area contributed by atoms with Crippen molar-refractivity contribution in [2.45, 2.75) is 13.5 Å². The van der Waals surface area contributed by atoms with Crippen molar-refractivity contribution in [1.29, 1.82) is 0 Å². The minimum absolute atomic E-state index is 0.106. The third-order valence-corrected chi connectivity index (χ3v) is 3.61. The molecular weight excluding hydrogens is 270 g/mol. The summed E-state index contributed by atoms with van der Waals surface area (Å²) in [6.07, 6.45) is 3.50. The fraction of sp³-hybridized carbons (Fsp3) is 0.200. The van der Waals surface area contributed by atoms with Crippen molar-refractivity contribution in [1.82, 2.24) is 10.3 Å². The summed E-state index contributed by atoms with van der Waals surface area (Å²) in [5.41, 5.74) is 8.06. The zero-order chi connectivity index (χ0) is 14.4. The molecule has 0 aliphatic rings. The summed E-state index contributed by atoms with van der Waals surface area (Å²) < 4.78 is 0. The number of pyridine rings is 1. The molecule has 0 fully saturated rings. The van der Waals surface area contributed by atoms with E-state index < -0.39 is 0 Å². The molecule has 20 heavy (non-hydrogen) atoms. The number of carbonyl (C=O) groups excluding carboxylic acids is 1. The van der Waals surface area contributed by atoms with Crippen LogP contribution >= 0.6 is 11.3 Å². The summed E-state index contributed by atoms with van der Waals surface area (Å²) in [7, 11) is 0. The first kappa shape index (κ1) is 14.3. The van der Waals surface area contributed by atoms with Gasteiger partial charge in [0.2, 0.25) is 0 Å². The highest BCUT2D eigenvalue weighted by Gasteiger charge is 2.08. The summed E-state index contributed by atoms with van der Waals surface area (Å²) in [6.45, 7) is 2.78. The Morgan fingerprint density at radius 2 is 2.40 bits per heavy atom. The molecule has 0 aromatic carbocycles. The van der Waals surface area contributed by atoms with E-state index in [0.29, 0.717) is 18.7 Å². The van der Waals surface area contributed by atoms with Crippen LogP contribution < -0.4 is 11.1 Å². The summed E-state index contributed by atoms with van der Waals surface area (Å²) in [6, 6.07) is 3.70. The summed E-state index contributed by atoms with van der Waals surface area (Å²) in [4.78, 5) is 16.9. The van der Waals surface area contributed by atoms with E-state index in [9.17, 15) is 4.79 Å². The maximum Gasteiger partial charge on any atom is 0.252 e. The molecule has 0 bridgehead atoms. The van der Waals surface area contributed by atoms with Gasteiger partial charge in [-0.1, -0.05) is 11.8 Å². The Morgan fingerprint density at radius 3 is 3.15 bits per heavy atom. The molecule has 4 nitrogen and oxygen atoms in total. The number of nitrogens with one attached hydrogen (secondary N) is 1. The van der Waals surface area contributed by atoms with Crippen molar-refractivity contribution in [2.75, 3.05) is 6.54 Å². The molecule has 102 valence electrons. The van der Waals surface area contributed by atoms with Crippen molar-refractivity contribution in [3.05, 3.63) is 51.5 Å². The predicted octanol–water partition coefficient (Wildman–Crippen LogP) is 1.69. The Morgan fingerprint density at radius 1 is 1.55 bits per heavy atom. The van der Waals surface area contributed by atoms with Crippen LogP contribution in [-0.4, -0.2) is 17.4 Å². The van der Waals surface area contributed by atoms with Gasteiger partial charge in [0.1, 0.15) is 0 Å². The Kier molecular flexibility index (Phi) is 4.88. The van der Waals surface area contributed by atoms with E-state index in [4.69, 9.17) is 5.73 Å². The summed E-state index contributed by atoms with van der Waals surface area (Å²) in [5, 5.41) is 4.68. The second kappa shape index (κ2) is 6.85. The molecule has 2 heterocycles. The zero-order valence-electron chi connectivity index (χ0n) is 11.1. The largest absolute Gasteiger partial charge is 0.348 e. The highest BCUT2D eigenvalue weighted by atomic mass is 32.1. The molecular formula is C15H15N3OS. The summed E-state index contributed by atoms with van der Waals surface area (Å²) in [5.74, 6) is 5.58. The minimum atomic E-state index is -0.106. The smallest absolute Gasteiger partial charge is 0.252 e. The Balaban J connectivity index is 1.98. The second-order valence-corrected chi connectivity index (χ2v) is 5.10. The highest BCUT2D eigenvalue weighted by Crippen LogP contribution is 2.13. The number of nitrogens with zero attached hydrogens (tertiary/aromatic N) is 1. The van der Waals surface area contributed by atoms with E-state index in [1.807, 2.05) is 13.0 Å². The zero-order valence-corrected chi connectivity index (χ0v) is 12.0. The number of nitrogens with two attached hydrogens (primary N) is 1. The molecule has 2 rings (SSSR count). The number of aromatic nitrogens is 1. The van der Waals surface area contributed by atoms with Crippen LogP contribution in [0.5, 0.6) is 0 Å². The van der Waals surface area contributed by atoms with Gasteiger partial charge in [0.05, 0.1) is 17.0 Å². The fourth-order valence-corrected chi connectivity index (χ4v) is 2.37. The first-order valence-corrected chi connectivity index (χ1v) is 7.04. The van der Waals surface area contributed by atoms with Gasteiger partial charge in [-0.25, -0.2) is 0 Å². The third-order valence-electron chi connectivity index (χ3n) is 2.76. The van der Waals surface area contributed by atoms with Crippen molar-refractivity contribution in [3.8, 4) is 11.8 Å². The number of amides is 1. The lowest BCUT2D eigenvalue weighted by Gasteiger charge is -2.06. The molecule has 0 unspecified atom stereocenters. The van der Waals surface area contributed by atoms with Crippen LogP contribution in [0.2, 0.25) is 0 Å². The SMILES string of the molecule is Cc1ccncc1CNC(=O)c1csc(C#CCN)c1. The molecule has 0 saturated heterocycles. The van der Waals surface area contributed by atoms with Gasteiger partial charge in [0.15, 0.2) is 0 Å². The fourth-order valence-electron chi connectivity index (χ4n) is 1.62. The number of hydrogen-bond donors (Lipinski definition) is 2. The number of rotatable bonds is 3. The van der Waals surface area contributed by atoms with E-state index in [1.54, 1.807) is 23.8 Å². The van der Waals surface area contributed by atoms with Gasteiger partial charge in [0, 0.05) is 24.3 Å². The van der Waals surface area contributed by atoms with Gasteiger partial charge < -0.3 is 11.1 Å². The maximum atomic E-state index is 12.0. The molecule has 0 atom stereocenters. The third kappa shape index (κ3) is 3.67. The van der Waals surface area contributed by atoms with Gasteiger partial charge in [-0.15, -0.1) is 11.3 Å². The number of aryl methyl sites for hydroxylation is 1. The Hall–Kier alpha value is -2.16. The van der Waals surface area contributed by atoms with Crippen LogP contribution in [-0.2, 0) is 6.54 Å². The molecule has 0 aliphatic carbocycles. The van der Waals surface area contributed by atoms with Crippen LogP contribution in [0, 0.1) is 18.8 Å². The molecule has 0 aliphatic heterocycles. The Bertz CT molecular complexity index is 667. The highest BCUT2D eigenvalue weighted by molar-refractivity contribution is 7.10. The Labute approximate surface area is 122 Å². The molecule has 0 saturated carbocycles. The van der Waals surface area contributed by atoms with Crippen molar-refractivity contribution in [3.63, 3.8) is 0 Å². The van der Waals surface area contributed by atoms with Crippen LogP contribution in [0.4, 0.5) is 0 Å². The van der Waals surface area contributed by atoms with Crippen molar-refractivity contribution >= 4 is 17.2 Å². The number of thiophene rings is 1. The minimum Gasteiger partial charge on any atom is -0.348 e. The standard InChI is InChI=1S/C15H15N3OS/c1-11-4-6-17-8-13(11)9-18-15(19)12-7-14(20-10-12)3-2-5-16/h4,6-8,10H,5,9,16H2,1H3,(H,18,19). The molecule has 2 aromatic heterocycles. The molecule has 1 amide bonds. The normalized spacial score (nSPS) is 9.70. The van der Waals surface area contributed by atoms with E-state index in [2.05, 4.69) is 22.1 Å². The van der Waals surface area contributed by atoms with Gasteiger partial charge >= 0.3 is 0 Å². The molecule has 0 radical (unpaired) electrons. The first-order valence-electron chi connectivity index (χ1n) is 6.16. The van der Waals surface area contributed by atoms with Crippen LogP contribution in [0.3, 0.4) is 0 Å². The van der Waals surface area contributed by atoms with Gasteiger partial charge in [-0.2, -0.15) is 0 Å². The van der Waals surface area contributed by atoms with E-state index in [1.165, 1.54) is 11.3 Å². The average Bonchev–Trinajstić information content (AvgIpc) is 2.93. The summed E-state index contributed by atoms with van der Waals surface area (Å²) >= 11 is 1.44. The lowest BCUT2D eigenvalue weighted by Crippen LogP contribution is -2.22. The van der Waals surface area contributed by atoms with E-state index in [-0.39, 0.29) is 5.91 Å². The first-order chi connectivity index (χ1) is 9.70. The van der Waals surface area contributed by atoms with Crippen molar-refractivity contribution in [2.24, 2.45) is 5.73 Å². The quantitative estimate of drug-likeness (QED) is 0.843. The molecule has 0 spiro atoms. The van der Waals surface area contributed by atoms with Gasteiger partial charge in [-0.05, 0) is 30.2 Å². The van der Waals surface area contributed by atoms with Crippen LogP contribution in [0.15, 0.2) is 29.9 Å². The number of hydrogen-bond acceptors (Lipinski definition) is 4. The van der Waals surface area contributed by atoms with Gasteiger partial charge in [0.25, 0.3) is 5.91 Å². The number of carbonyl (C=O) groups is 1. The monoisotopic (exact) mass is 285 g/mol. The van der Waals surface area contributed by atoms with E-state index >= 15 is 0 Å². The lowest BCUT2D eigenvalue weighted by molar-refractivity contribution is 0.0951. The van der Waals surface area contributed by atoms with Crippen molar-refractivity contribution < 1.29 is 4.79 Å². The molecule has 5 heteroatoms.